The van der Waals surface area contributed by atoms with Crippen molar-refractivity contribution in [1.82, 2.24) is 0 Å². The second-order valence-electron chi connectivity index (χ2n) is 8.48. The molecule has 0 saturated heterocycles. The highest BCUT2D eigenvalue weighted by atomic mass is 14.2. The standard InChI is InChI=1S/C26H34/c1-19(2)21(4)13-14-22-16-25(23-10-6-5-7-11-23)18-26(17-22)24-12-8-9-20(3)15-24/h8-9,12,15-19,23H,4-7,10-11,13-14H2,1-3H3. The van der Waals surface area contributed by atoms with Crippen LogP contribution in [-0.2, 0) is 6.42 Å². The molecule has 2 aromatic rings. The summed E-state index contributed by atoms with van der Waals surface area (Å²) >= 11 is 0. The fourth-order valence-electron chi connectivity index (χ4n) is 4.12. The van der Waals surface area contributed by atoms with Gasteiger partial charge in [0.15, 0.2) is 0 Å². The highest BCUT2D eigenvalue weighted by Gasteiger charge is 2.17. The van der Waals surface area contributed by atoms with Gasteiger partial charge >= 0.3 is 0 Å². The number of hydrogen-bond acceptors (Lipinski definition) is 0. The summed E-state index contributed by atoms with van der Waals surface area (Å²) in [5.41, 5.74) is 8.49. The van der Waals surface area contributed by atoms with Gasteiger partial charge in [-0.2, -0.15) is 0 Å². The SMILES string of the molecule is C=C(CCc1cc(-c2cccc(C)c2)cc(C2CCCCC2)c1)C(C)C. The van der Waals surface area contributed by atoms with Gasteiger partial charge in [0.2, 0.25) is 0 Å². The predicted octanol–water partition coefficient (Wildman–Crippen LogP) is 7.85. The van der Waals surface area contributed by atoms with E-state index in [0.717, 1.165) is 18.8 Å². The van der Waals surface area contributed by atoms with Gasteiger partial charge in [-0.25, -0.2) is 0 Å². The van der Waals surface area contributed by atoms with Gasteiger partial charge in [0.25, 0.3) is 0 Å². The van der Waals surface area contributed by atoms with E-state index >= 15 is 0 Å². The molecule has 0 amide bonds. The minimum absolute atomic E-state index is 0.577. The number of allylic oxidation sites excluding steroid dienone is 1. The molecule has 0 radical (unpaired) electrons. The van der Waals surface area contributed by atoms with Gasteiger partial charge < -0.3 is 0 Å². The minimum atomic E-state index is 0.577. The Morgan fingerprint density at radius 2 is 1.77 bits per heavy atom. The molecule has 2 aromatic carbocycles. The van der Waals surface area contributed by atoms with E-state index in [-0.39, 0.29) is 0 Å². The third kappa shape index (κ3) is 4.87. The maximum atomic E-state index is 4.27. The maximum absolute atomic E-state index is 4.27. The Hall–Kier alpha value is -1.82. The fraction of sp³-hybridized carbons (Fsp3) is 0.462. The van der Waals surface area contributed by atoms with Crippen molar-refractivity contribution in [2.24, 2.45) is 5.92 Å². The lowest BCUT2D eigenvalue weighted by atomic mass is 9.82. The van der Waals surface area contributed by atoms with Crippen molar-refractivity contribution in [2.75, 3.05) is 0 Å². The van der Waals surface area contributed by atoms with E-state index in [1.807, 2.05) is 0 Å². The van der Waals surface area contributed by atoms with Gasteiger partial charge in [-0.3, -0.25) is 0 Å². The Balaban J connectivity index is 1.92. The normalized spacial score (nSPS) is 15.4. The van der Waals surface area contributed by atoms with E-state index in [1.54, 1.807) is 5.56 Å². The van der Waals surface area contributed by atoms with E-state index in [9.17, 15) is 0 Å². The zero-order valence-corrected chi connectivity index (χ0v) is 16.9. The molecule has 26 heavy (non-hydrogen) atoms. The zero-order chi connectivity index (χ0) is 18.5. The molecule has 0 aromatic heterocycles. The lowest BCUT2D eigenvalue weighted by Crippen LogP contribution is -2.05. The molecule has 1 aliphatic rings. The van der Waals surface area contributed by atoms with Crippen molar-refractivity contribution in [3.8, 4) is 11.1 Å². The first-order valence-electron chi connectivity index (χ1n) is 10.4. The lowest BCUT2D eigenvalue weighted by molar-refractivity contribution is 0.443. The fourth-order valence-corrected chi connectivity index (χ4v) is 4.12. The van der Waals surface area contributed by atoms with Crippen molar-refractivity contribution in [3.05, 3.63) is 71.3 Å². The molecule has 0 aliphatic heterocycles. The average Bonchev–Trinajstić information content (AvgIpc) is 2.66. The van der Waals surface area contributed by atoms with Crippen LogP contribution < -0.4 is 0 Å². The molecule has 138 valence electrons. The second kappa shape index (κ2) is 8.71. The molecule has 0 heterocycles. The molecule has 3 rings (SSSR count). The monoisotopic (exact) mass is 346 g/mol. The summed E-state index contributed by atoms with van der Waals surface area (Å²) in [5, 5.41) is 0. The molecule has 0 unspecified atom stereocenters. The van der Waals surface area contributed by atoms with Crippen LogP contribution in [-0.4, -0.2) is 0 Å². The molecular weight excluding hydrogens is 312 g/mol. The van der Waals surface area contributed by atoms with Gasteiger partial charge in [0.1, 0.15) is 0 Å². The van der Waals surface area contributed by atoms with Crippen LogP contribution in [0.3, 0.4) is 0 Å². The average molecular weight is 347 g/mol. The van der Waals surface area contributed by atoms with Crippen molar-refractivity contribution in [2.45, 2.75) is 71.6 Å². The predicted molar refractivity (Wildman–Crippen MR) is 115 cm³/mol. The van der Waals surface area contributed by atoms with Gasteiger partial charge in [-0.15, -0.1) is 0 Å². The quantitative estimate of drug-likeness (QED) is 0.467. The van der Waals surface area contributed by atoms with Gasteiger partial charge in [-0.1, -0.05) is 93.3 Å². The van der Waals surface area contributed by atoms with E-state index in [1.165, 1.54) is 59.9 Å². The summed E-state index contributed by atoms with van der Waals surface area (Å²) in [4.78, 5) is 0. The van der Waals surface area contributed by atoms with Gasteiger partial charge in [0.05, 0.1) is 0 Å². The Kier molecular flexibility index (Phi) is 6.35. The van der Waals surface area contributed by atoms with Crippen LogP contribution in [0, 0.1) is 12.8 Å². The molecule has 1 fully saturated rings. The summed E-state index contributed by atoms with van der Waals surface area (Å²) in [6, 6.07) is 16.3. The molecule has 0 N–H and O–H groups in total. The summed E-state index contributed by atoms with van der Waals surface area (Å²) in [6.07, 6.45) is 9.10. The van der Waals surface area contributed by atoms with E-state index in [4.69, 9.17) is 0 Å². The molecule has 0 spiro atoms. The molecule has 0 bridgehead atoms. The number of rotatable bonds is 6. The Bertz CT molecular complexity index is 744. The first kappa shape index (κ1) is 19.0. The van der Waals surface area contributed by atoms with Crippen molar-refractivity contribution >= 4 is 0 Å². The van der Waals surface area contributed by atoms with E-state index in [2.05, 4.69) is 69.8 Å². The Morgan fingerprint density at radius 3 is 2.46 bits per heavy atom. The minimum Gasteiger partial charge on any atom is -0.0996 e. The molecular formula is C26H34. The lowest BCUT2D eigenvalue weighted by Gasteiger charge is -2.23. The van der Waals surface area contributed by atoms with Crippen LogP contribution in [0.1, 0.15) is 75.0 Å². The van der Waals surface area contributed by atoms with Crippen LogP contribution in [0.4, 0.5) is 0 Å². The van der Waals surface area contributed by atoms with Crippen molar-refractivity contribution in [3.63, 3.8) is 0 Å². The summed E-state index contributed by atoms with van der Waals surface area (Å²) in [5.74, 6) is 1.33. The first-order valence-corrected chi connectivity index (χ1v) is 10.4. The Morgan fingerprint density at radius 1 is 1.00 bits per heavy atom. The maximum Gasteiger partial charge on any atom is -0.0162 e. The highest BCUT2D eigenvalue weighted by Crippen LogP contribution is 2.36. The molecule has 0 heteroatoms. The van der Waals surface area contributed by atoms with Crippen LogP contribution in [0.2, 0.25) is 0 Å². The summed E-state index contributed by atoms with van der Waals surface area (Å²) in [6.45, 7) is 11.0. The number of aryl methyl sites for hydroxylation is 2. The molecule has 1 saturated carbocycles. The third-order valence-corrected chi connectivity index (χ3v) is 5.99. The largest absolute Gasteiger partial charge is 0.0996 e. The van der Waals surface area contributed by atoms with E-state index < -0.39 is 0 Å². The van der Waals surface area contributed by atoms with E-state index in [0.29, 0.717) is 5.92 Å². The van der Waals surface area contributed by atoms with Crippen LogP contribution in [0.25, 0.3) is 11.1 Å². The van der Waals surface area contributed by atoms with Crippen molar-refractivity contribution in [1.29, 1.82) is 0 Å². The second-order valence-corrected chi connectivity index (χ2v) is 8.48. The van der Waals surface area contributed by atoms with Crippen LogP contribution in [0.15, 0.2) is 54.6 Å². The van der Waals surface area contributed by atoms with Crippen LogP contribution >= 0.6 is 0 Å². The van der Waals surface area contributed by atoms with Gasteiger partial charge in [0, 0.05) is 0 Å². The first-order chi connectivity index (χ1) is 12.5. The molecule has 0 nitrogen and oxygen atoms in total. The summed E-state index contributed by atoms with van der Waals surface area (Å²) < 4.78 is 0. The van der Waals surface area contributed by atoms with Crippen molar-refractivity contribution < 1.29 is 0 Å². The molecule has 1 aliphatic carbocycles. The summed E-state index contributed by atoms with van der Waals surface area (Å²) in [7, 11) is 0. The van der Waals surface area contributed by atoms with Crippen LogP contribution in [0.5, 0.6) is 0 Å². The zero-order valence-electron chi connectivity index (χ0n) is 16.9. The Labute approximate surface area is 160 Å². The third-order valence-electron chi connectivity index (χ3n) is 5.99. The number of hydrogen-bond donors (Lipinski definition) is 0. The highest BCUT2D eigenvalue weighted by molar-refractivity contribution is 5.66. The number of benzene rings is 2. The van der Waals surface area contributed by atoms with Gasteiger partial charge in [-0.05, 0) is 66.7 Å². The molecule has 0 atom stereocenters. The smallest absolute Gasteiger partial charge is 0.0162 e. The topological polar surface area (TPSA) is 0 Å².